The van der Waals surface area contributed by atoms with Crippen molar-refractivity contribution in [2.45, 2.75) is 38.6 Å². The third-order valence-corrected chi connectivity index (χ3v) is 2.77. The highest BCUT2D eigenvalue weighted by Gasteiger charge is 2.08. The Morgan fingerprint density at radius 3 is 2.53 bits per heavy atom. The molecule has 0 heterocycles. The molecule has 0 amide bonds. The minimum Gasteiger partial charge on any atom is -0.324 e. The van der Waals surface area contributed by atoms with Crippen LogP contribution in [0.5, 0.6) is 0 Å². The average Bonchev–Trinajstić information content (AvgIpc) is 2.18. The molecule has 3 heteroatoms. The zero-order chi connectivity index (χ0) is 10.4. The van der Waals surface area contributed by atoms with Crippen molar-refractivity contribution in [3.8, 4) is 0 Å². The van der Waals surface area contributed by atoms with E-state index in [0.717, 1.165) is 17.0 Å². The molecule has 86 valence electrons. The highest BCUT2D eigenvalue weighted by atomic mass is 35.5. The first kappa shape index (κ1) is 14.8. The molecule has 0 aliphatic heterocycles. The van der Waals surface area contributed by atoms with Crippen LogP contribution in [0.3, 0.4) is 0 Å². The molecule has 1 atom stereocenters. The normalized spacial score (nSPS) is 11.9. The fraction of sp³-hybridized carbons (Fsp3) is 0.500. The van der Waals surface area contributed by atoms with Crippen LogP contribution < -0.4 is 5.73 Å². The molecule has 0 aliphatic carbocycles. The number of rotatable bonds is 5. The van der Waals surface area contributed by atoms with Gasteiger partial charge in [-0.3, -0.25) is 0 Å². The Bertz CT molecular complexity index is 276. The Morgan fingerprint density at radius 2 is 1.93 bits per heavy atom. The molecule has 15 heavy (non-hydrogen) atoms. The van der Waals surface area contributed by atoms with Gasteiger partial charge in [0, 0.05) is 11.1 Å². The Balaban J connectivity index is 0.00000196. The van der Waals surface area contributed by atoms with Crippen molar-refractivity contribution < 1.29 is 0 Å². The Labute approximate surface area is 103 Å². The molecular formula is C12H19Cl2N. The van der Waals surface area contributed by atoms with Crippen LogP contribution in [-0.2, 0) is 0 Å². The van der Waals surface area contributed by atoms with E-state index in [1.54, 1.807) is 0 Å². The van der Waals surface area contributed by atoms with Gasteiger partial charge in [-0.05, 0) is 18.1 Å². The molecule has 0 spiro atoms. The predicted octanol–water partition coefficient (Wildman–Crippen LogP) is 4.34. The highest BCUT2D eigenvalue weighted by molar-refractivity contribution is 6.31. The Kier molecular flexibility index (Phi) is 7.85. The summed E-state index contributed by atoms with van der Waals surface area (Å²) in [5, 5.41) is 0.788. The maximum absolute atomic E-state index is 6.05. The van der Waals surface area contributed by atoms with Crippen molar-refractivity contribution in [3.63, 3.8) is 0 Å². The van der Waals surface area contributed by atoms with Crippen molar-refractivity contribution in [1.29, 1.82) is 0 Å². The third-order valence-electron chi connectivity index (χ3n) is 2.42. The molecule has 0 radical (unpaired) electrons. The van der Waals surface area contributed by atoms with E-state index >= 15 is 0 Å². The van der Waals surface area contributed by atoms with E-state index in [1.807, 2.05) is 24.3 Å². The van der Waals surface area contributed by atoms with Gasteiger partial charge in [-0.2, -0.15) is 0 Å². The summed E-state index contributed by atoms with van der Waals surface area (Å²) in [5.74, 6) is 0. The monoisotopic (exact) mass is 247 g/mol. The standard InChI is InChI=1S/C12H18ClN.ClH/c1-2-3-4-9-12(14)10-7-5-6-8-11(10)13;/h5-8,12H,2-4,9,14H2,1H3;1H/t12-;/m0./s1. The molecule has 0 saturated heterocycles. The van der Waals surface area contributed by atoms with Gasteiger partial charge >= 0.3 is 0 Å². The highest BCUT2D eigenvalue weighted by Crippen LogP contribution is 2.24. The van der Waals surface area contributed by atoms with Gasteiger partial charge in [-0.15, -0.1) is 12.4 Å². The molecule has 0 bridgehead atoms. The molecule has 1 aromatic carbocycles. The van der Waals surface area contributed by atoms with Crippen molar-refractivity contribution in [1.82, 2.24) is 0 Å². The summed E-state index contributed by atoms with van der Waals surface area (Å²) in [7, 11) is 0. The Morgan fingerprint density at radius 1 is 1.27 bits per heavy atom. The lowest BCUT2D eigenvalue weighted by Gasteiger charge is -2.12. The van der Waals surface area contributed by atoms with Crippen LogP contribution in [0.1, 0.15) is 44.2 Å². The van der Waals surface area contributed by atoms with E-state index in [-0.39, 0.29) is 18.4 Å². The van der Waals surface area contributed by atoms with E-state index in [4.69, 9.17) is 17.3 Å². The molecule has 0 aromatic heterocycles. The second-order valence-electron chi connectivity index (χ2n) is 3.62. The minimum absolute atomic E-state index is 0. The summed E-state index contributed by atoms with van der Waals surface area (Å²) in [6.07, 6.45) is 4.69. The molecular weight excluding hydrogens is 229 g/mol. The van der Waals surface area contributed by atoms with Gasteiger partial charge in [0.25, 0.3) is 0 Å². The van der Waals surface area contributed by atoms with Gasteiger partial charge in [0.05, 0.1) is 0 Å². The second-order valence-corrected chi connectivity index (χ2v) is 4.03. The van der Waals surface area contributed by atoms with Gasteiger partial charge in [0.2, 0.25) is 0 Å². The van der Waals surface area contributed by atoms with E-state index in [1.165, 1.54) is 19.3 Å². The van der Waals surface area contributed by atoms with Crippen molar-refractivity contribution in [2.75, 3.05) is 0 Å². The maximum atomic E-state index is 6.05. The lowest BCUT2D eigenvalue weighted by atomic mass is 10.0. The van der Waals surface area contributed by atoms with Crippen LogP contribution in [0, 0.1) is 0 Å². The number of benzene rings is 1. The topological polar surface area (TPSA) is 26.0 Å². The maximum Gasteiger partial charge on any atom is 0.0453 e. The summed E-state index contributed by atoms with van der Waals surface area (Å²) in [6.45, 7) is 2.20. The first-order valence-corrected chi connectivity index (χ1v) is 5.63. The molecule has 1 aromatic rings. The number of unbranched alkanes of at least 4 members (excludes halogenated alkanes) is 2. The van der Waals surface area contributed by atoms with E-state index < -0.39 is 0 Å². The van der Waals surface area contributed by atoms with E-state index in [0.29, 0.717) is 0 Å². The predicted molar refractivity (Wildman–Crippen MR) is 69.8 cm³/mol. The van der Waals surface area contributed by atoms with Crippen molar-refractivity contribution >= 4 is 24.0 Å². The number of nitrogens with two attached hydrogens (primary N) is 1. The summed E-state index contributed by atoms with van der Waals surface area (Å²) in [6, 6.07) is 7.93. The minimum atomic E-state index is 0. The first-order chi connectivity index (χ1) is 6.75. The van der Waals surface area contributed by atoms with Gasteiger partial charge < -0.3 is 5.73 Å². The SMILES string of the molecule is CCCCC[C@H](N)c1ccccc1Cl.Cl. The zero-order valence-electron chi connectivity index (χ0n) is 9.08. The van der Waals surface area contributed by atoms with Crippen molar-refractivity contribution in [2.24, 2.45) is 5.73 Å². The molecule has 0 fully saturated rings. The van der Waals surface area contributed by atoms with Gasteiger partial charge in [0.1, 0.15) is 0 Å². The third kappa shape index (κ3) is 4.87. The van der Waals surface area contributed by atoms with Crippen molar-refractivity contribution in [3.05, 3.63) is 34.9 Å². The molecule has 0 unspecified atom stereocenters. The molecule has 2 N–H and O–H groups in total. The van der Waals surface area contributed by atoms with Crippen LogP contribution in [0.15, 0.2) is 24.3 Å². The fourth-order valence-electron chi connectivity index (χ4n) is 1.55. The van der Waals surface area contributed by atoms with Crippen LogP contribution in [0.2, 0.25) is 5.02 Å². The van der Waals surface area contributed by atoms with Crippen LogP contribution in [-0.4, -0.2) is 0 Å². The lowest BCUT2D eigenvalue weighted by molar-refractivity contribution is 0.581. The fourth-order valence-corrected chi connectivity index (χ4v) is 1.82. The summed E-state index contributed by atoms with van der Waals surface area (Å²) in [5.41, 5.74) is 7.13. The largest absolute Gasteiger partial charge is 0.324 e. The molecule has 0 saturated carbocycles. The Hall–Kier alpha value is -0.240. The lowest BCUT2D eigenvalue weighted by Crippen LogP contribution is -2.10. The summed E-state index contributed by atoms with van der Waals surface area (Å²) < 4.78 is 0. The summed E-state index contributed by atoms with van der Waals surface area (Å²) in [4.78, 5) is 0. The van der Waals surface area contributed by atoms with Gasteiger partial charge in [-0.25, -0.2) is 0 Å². The van der Waals surface area contributed by atoms with Gasteiger partial charge in [-0.1, -0.05) is 56.0 Å². The van der Waals surface area contributed by atoms with Crippen LogP contribution >= 0.6 is 24.0 Å². The molecule has 1 nitrogen and oxygen atoms in total. The number of hydrogen-bond donors (Lipinski definition) is 1. The number of hydrogen-bond acceptors (Lipinski definition) is 1. The first-order valence-electron chi connectivity index (χ1n) is 5.25. The average molecular weight is 248 g/mol. The smallest absolute Gasteiger partial charge is 0.0453 e. The van der Waals surface area contributed by atoms with E-state index in [2.05, 4.69) is 6.92 Å². The molecule has 0 aliphatic rings. The number of halogens is 2. The quantitative estimate of drug-likeness (QED) is 0.770. The van der Waals surface area contributed by atoms with E-state index in [9.17, 15) is 0 Å². The molecule has 1 rings (SSSR count). The van der Waals surface area contributed by atoms with Crippen LogP contribution in [0.25, 0.3) is 0 Å². The van der Waals surface area contributed by atoms with Crippen LogP contribution in [0.4, 0.5) is 0 Å². The second kappa shape index (κ2) is 7.98. The summed E-state index contributed by atoms with van der Waals surface area (Å²) >= 11 is 6.05. The zero-order valence-corrected chi connectivity index (χ0v) is 10.7. The van der Waals surface area contributed by atoms with Gasteiger partial charge in [0.15, 0.2) is 0 Å².